The van der Waals surface area contributed by atoms with E-state index < -0.39 is 31.6 Å². The van der Waals surface area contributed by atoms with E-state index in [2.05, 4.69) is 6.58 Å². The van der Waals surface area contributed by atoms with Crippen LogP contribution in [0, 0.1) is 0 Å². The molecule has 0 saturated carbocycles. The lowest BCUT2D eigenvalue weighted by atomic mass is 9.75. The van der Waals surface area contributed by atoms with Crippen LogP contribution in [0.1, 0.15) is 38.9 Å². The first kappa shape index (κ1) is 19.4. The maximum absolute atomic E-state index is 13.2. The largest absolute Gasteiger partial charge is 0.491 e. The normalized spacial score (nSPS) is 20.8. The van der Waals surface area contributed by atoms with Gasteiger partial charge in [-0.25, -0.2) is 0 Å². The lowest BCUT2D eigenvalue weighted by Crippen LogP contribution is -2.41. The van der Waals surface area contributed by atoms with Crippen LogP contribution in [-0.2, 0) is 22.9 Å². The number of benzene rings is 1. The fourth-order valence-corrected chi connectivity index (χ4v) is 4.28. The third-order valence-corrected chi connectivity index (χ3v) is 7.13. The van der Waals surface area contributed by atoms with Gasteiger partial charge in [0.05, 0.1) is 11.2 Å². The van der Waals surface area contributed by atoms with Gasteiger partial charge >= 0.3 is 14.7 Å². The molecule has 0 aliphatic carbocycles. The summed E-state index contributed by atoms with van der Waals surface area (Å²) in [5, 5.41) is 0. The van der Waals surface area contributed by atoms with Crippen LogP contribution in [0.2, 0.25) is 0 Å². The zero-order chi connectivity index (χ0) is 18.2. The van der Waals surface area contributed by atoms with Crippen molar-refractivity contribution in [3.05, 3.63) is 47.9 Å². The van der Waals surface area contributed by atoms with E-state index in [1.54, 1.807) is 0 Å². The number of hydrogen-bond acceptors (Lipinski definition) is 5. The van der Waals surface area contributed by atoms with Crippen molar-refractivity contribution in [1.82, 2.24) is 0 Å². The van der Waals surface area contributed by atoms with E-state index in [9.17, 15) is 4.57 Å². The summed E-state index contributed by atoms with van der Waals surface area (Å²) in [6.45, 7) is 12.0. The van der Waals surface area contributed by atoms with Gasteiger partial charge in [0.25, 0.3) is 0 Å². The molecule has 1 atom stereocenters. The minimum Gasteiger partial charge on any atom is -0.400 e. The van der Waals surface area contributed by atoms with Gasteiger partial charge in [-0.2, -0.15) is 0 Å². The average molecular weight is 352 g/mol. The Morgan fingerprint density at radius 1 is 1.08 bits per heavy atom. The number of allylic oxidation sites excluding steroid dienone is 1. The Labute approximate surface area is 145 Å². The number of rotatable bonds is 6. The summed E-state index contributed by atoms with van der Waals surface area (Å²) in [7, 11) is -1.41. The van der Waals surface area contributed by atoms with Gasteiger partial charge in [-0.3, -0.25) is 4.57 Å². The SMILES string of the molecule is C=C(B1OC(C)(C)C(C)(C)O1)C(c1ccccc1)P(=O)(OC)OC. The maximum atomic E-state index is 13.2. The maximum Gasteiger partial charge on any atom is 0.491 e. The van der Waals surface area contributed by atoms with E-state index in [1.165, 1.54) is 14.2 Å². The Kier molecular flexibility index (Phi) is 5.48. The molecular formula is C17H26BO5P. The van der Waals surface area contributed by atoms with Gasteiger partial charge in [0.15, 0.2) is 0 Å². The van der Waals surface area contributed by atoms with Crippen molar-refractivity contribution in [3.63, 3.8) is 0 Å². The molecule has 0 radical (unpaired) electrons. The Balaban J connectivity index is 2.42. The van der Waals surface area contributed by atoms with Crippen LogP contribution < -0.4 is 0 Å². The molecule has 1 aromatic rings. The van der Waals surface area contributed by atoms with Crippen LogP contribution in [0.5, 0.6) is 0 Å². The topological polar surface area (TPSA) is 54.0 Å². The summed E-state index contributed by atoms with van der Waals surface area (Å²) in [6, 6.07) is 9.37. The monoisotopic (exact) mass is 352 g/mol. The molecule has 24 heavy (non-hydrogen) atoms. The van der Waals surface area contributed by atoms with E-state index in [0.717, 1.165) is 5.56 Å². The molecule has 5 nitrogen and oxygen atoms in total. The molecule has 1 aromatic carbocycles. The van der Waals surface area contributed by atoms with Crippen LogP contribution in [0.15, 0.2) is 42.4 Å². The fraction of sp³-hybridized carbons (Fsp3) is 0.529. The standard InChI is InChI=1S/C17H26BO5P/c1-13(18-22-16(2,3)17(4,5)23-18)15(24(19,20-6)21-7)14-11-9-8-10-12-14/h8-12,15H,1H2,2-7H3. The smallest absolute Gasteiger partial charge is 0.400 e. The van der Waals surface area contributed by atoms with E-state index in [4.69, 9.17) is 18.4 Å². The molecule has 1 aliphatic rings. The van der Waals surface area contributed by atoms with Gasteiger partial charge in [-0.1, -0.05) is 30.3 Å². The molecule has 132 valence electrons. The van der Waals surface area contributed by atoms with Crippen molar-refractivity contribution in [2.75, 3.05) is 14.2 Å². The second kappa shape index (κ2) is 6.78. The molecule has 0 amide bonds. The Morgan fingerprint density at radius 2 is 1.54 bits per heavy atom. The lowest BCUT2D eigenvalue weighted by molar-refractivity contribution is 0.00578. The molecule has 0 aromatic heterocycles. The molecule has 0 bridgehead atoms. The van der Waals surface area contributed by atoms with E-state index in [0.29, 0.717) is 5.47 Å². The van der Waals surface area contributed by atoms with Gasteiger partial charge in [0.1, 0.15) is 5.66 Å². The highest BCUT2D eigenvalue weighted by atomic mass is 31.2. The van der Waals surface area contributed by atoms with Crippen LogP contribution >= 0.6 is 7.60 Å². The molecule has 1 heterocycles. The zero-order valence-corrected chi connectivity index (χ0v) is 16.1. The molecule has 1 aliphatic heterocycles. The van der Waals surface area contributed by atoms with Crippen molar-refractivity contribution < 1.29 is 22.9 Å². The molecule has 0 N–H and O–H groups in total. The molecular weight excluding hydrogens is 326 g/mol. The van der Waals surface area contributed by atoms with Gasteiger partial charge < -0.3 is 18.4 Å². The van der Waals surface area contributed by atoms with Crippen molar-refractivity contribution in [2.24, 2.45) is 0 Å². The van der Waals surface area contributed by atoms with Crippen LogP contribution in [0.4, 0.5) is 0 Å². The van der Waals surface area contributed by atoms with Crippen molar-refractivity contribution in [3.8, 4) is 0 Å². The van der Waals surface area contributed by atoms with Gasteiger partial charge in [-0.15, -0.1) is 6.58 Å². The van der Waals surface area contributed by atoms with Crippen LogP contribution in [0.25, 0.3) is 0 Å². The first-order valence-corrected chi connectivity index (χ1v) is 9.49. The van der Waals surface area contributed by atoms with Crippen molar-refractivity contribution >= 4 is 14.7 Å². The second-order valence-corrected chi connectivity index (χ2v) is 9.21. The zero-order valence-electron chi connectivity index (χ0n) is 15.2. The van der Waals surface area contributed by atoms with Crippen LogP contribution in [-0.4, -0.2) is 32.5 Å². The predicted octanol–water partition coefficient (Wildman–Crippen LogP) is 4.40. The molecule has 7 heteroatoms. The van der Waals surface area contributed by atoms with Crippen molar-refractivity contribution in [1.29, 1.82) is 0 Å². The van der Waals surface area contributed by atoms with E-state index in [-0.39, 0.29) is 0 Å². The Morgan fingerprint density at radius 3 is 1.96 bits per heavy atom. The fourth-order valence-electron chi connectivity index (χ4n) is 2.64. The van der Waals surface area contributed by atoms with Gasteiger partial charge in [0.2, 0.25) is 0 Å². The van der Waals surface area contributed by atoms with Crippen molar-refractivity contribution in [2.45, 2.75) is 44.6 Å². The third kappa shape index (κ3) is 3.39. The van der Waals surface area contributed by atoms with Gasteiger partial charge in [-0.05, 0) is 38.7 Å². The Hall–Kier alpha value is -0.905. The summed E-state index contributed by atoms with van der Waals surface area (Å²) in [4.78, 5) is 0. The molecule has 2 rings (SSSR count). The third-order valence-electron chi connectivity index (χ3n) is 4.85. The highest BCUT2D eigenvalue weighted by Crippen LogP contribution is 2.63. The summed E-state index contributed by atoms with van der Waals surface area (Å²) in [5.74, 6) is 0. The average Bonchev–Trinajstić information content (AvgIpc) is 2.76. The molecule has 1 unspecified atom stereocenters. The summed E-state index contributed by atoms with van der Waals surface area (Å²) in [6.07, 6.45) is 0. The summed E-state index contributed by atoms with van der Waals surface area (Å²) < 4.78 is 35.8. The first-order valence-electron chi connectivity index (χ1n) is 7.88. The highest BCUT2D eigenvalue weighted by molar-refractivity contribution is 7.54. The van der Waals surface area contributed by atoms with Crippen LogP contribution in [0.3, 0.4) is 0 Å². The lowest BCUT2D eigenvalue weighted by Gasteiger charge is -2.32. The molecule has 1 fully saturated rings. The number of hydrogen-bond donors (Lipinski definition) is 0. The summed E-state index contributed by atoms with van der Waals surface area (Å²) in [5.41, 5.74) is -0.391. The molecule has 1 saturated heterocycles. The minimum absolute atomic E-state index is 0.508. The molecule has 0 spiro atoms. The van der Waals surface area contributed by atoms with E-state index >= 15 is 0 Å². The predicted molar refractivity (Wildman–Crippen MR) is 96.0 cm³/mol. The Bertz CT molecular complexity index is 620. The second-order valence-electron chi connectivity index (χ2n) is 6.88. The summed E-state index contributed by atoms with van der Waals surface area (Å²) >= 11 is 0. The van der Waals surface area contributed by atoms with Gasteiger partial charge in [0, 0.05) is 14.2 Å². The minimum atomic E-state index is -3.46. The van der Waals surface area contributed by atoms with E-state index in [1.807, 2.05) is 58.0 Å². The highest BCUT2D eigenvalue weighted by Gasteiger charge is 2.55. The quantitative estimate of drug-likeness (QED) is 0.561. The first-order chi connectivity index (χ1) is 11.1.